The maximum Gasteiger partial charge on any atom is 0.291 e. The zero-order valence-corrected chi connectivity index (χ0v) is 19.5. The Bertz CT molecular complexity index is 1520. The Balaban J connectivity index is 1.71. The maximum atomic E-state index is 13.8. The first kappa shape index (κ1) is 22.6. The highest BCUT2D eigenvalue weighted by Gasteiger charge is 2.43. The average Bonchev–Trinajstić information content (AvgIpc) is 3.10. The second-order valence-electron chi connectivity index (χ2n) is 8.76. The second-order valence-corrected chi connectivity index (χ2v) is 8.76. The van der Waals surface area contributed by atoms with Crippen LogP contribution < -0.4 is 10.2 Å². The summed E-state index contributed by atoms with van der Waals surface area (Å²) in [5.74, 6) is -0.105. The number of hydrogen-bond donors (Lipinski definition) is 0. The van der Waals surface area contributed by atoms with Crippen LogP contribution in [0.2, 0.25) is 0 Å². The van der Waals surface area contributed by atoms with Gasteiger partial charge in [-0.05, 0) is 66.4 Å². The lowest BCUT2D eigenvalue weighted by Gasteiger charge is -2.25. The molecule has 0 radical (unpaired) electrons. The number of ether oxygens (including phenoxy) is 1. The van der Waals surface area contributed by atoms with Gasteiger partial charge in [-0.15, -0.1) is 0 Å². The fourth-order valence-corrected chi connectivity index (χ4v) is 4.74. The van der Waals surface area contributed by atoms with Crippen molar-refractivity contribution in [3.8, 4) is 5.75 Å². The van der Waals surface area contributed by atoms with Crippen LogP contribution in [0.4, 0.5) is 4.39 Å². The van der Waals surface area contributed by atoms with Crippen molar-refractivity contribution in [1.82, 2.24) is 4.90 Å². The van der Waals surface area contributed by atoms with E-state index in [9.17, 15) is 14.0 Å². The molecule has 0 spiro atoms. The van der Waals surface area contributed by atoms with Gasteiger partial charge >= 0.3 is 0 Å². The Labute approximate surface area is 202 Å². The molecule has 6 heteroatoms. The predicted molar refractivity (Wildman–Crippen MR) is 132 cm³/mol. The van der Waals surface area contributed by atoms with Gasteiger partial charge < -0.3 is 14.1 Å². The topological polar surface area (TPSA) is 59.8 Å². The quantitative estimate of drug-likeness (QED) is 0.332. The maximum absolute atomic E-state index is 13.8. The summed E-state index contributed by atoms with van der Waals surface area (Å²) in [4.78, 5) is 29.1. The van der Waals surface area contributed by atoms with Crippen LogP contribution in [0.25, 0.3) is 11.0 Å². The number of carbonyl (C=O) groups is 1. The van der Waals surface area contributed by atoms with Crippen molar-refractivity contribution in [2.75, 3.05) is 6.61 Å². The third-order valence-corrected chi connectivity index (χ3v) is 6.22. The van der Waals surface area contributed by atoms with E-state index in [1.807, 2.05) is 44.2 Å². The van der Waals surface area contributed by atoms with Crippen LogP contribution in [0, 0.1) is 19.7 Å². The fourth-order valence-electron chi connectivity index (χ4n) is 4.74. The van der Waals surface area contributed by atoms with E-state index in [1.54, 1.807) is 29.2 Å². The van der Waals surface area contributed by atoms with Crippen molar-refractivity contribution in [3.05, 3.63) is 123 Å². The van der Waals surface area contributed by atoms with Crippen LogP contribution in [0.3, 0.4) is 0 Å². The van der Waals surface area contributed by atoms with Crippen LogP contribution in [0.1, 0.15) is 44.4 Å². The van der Waals surface area contributed by atoms with Crippen molar-refractivity contribution in [2.24, 2.45) is 0 Å². The predicted octanol–water partition coefficient (Wildman–Crippen LogP) is 5.86. The van der Waals surface area contributed by atoms with Crippen LogP contribution in [-0.2, 0) is 6.54 Å². The first-order valence-electron chi connectivity index (χ1n) is 11.3. The number of amides is 1. The van der Waals surface area contributed by atoms with Gasteiger partial charge in [0.15, 0.2) is 5.43 Å². The minimum Gasteiger partial charge on any atom is -0.490 e. The van der Waals surface area contributed by atoms with E-state index >= 15 is 0 Å². The molecule has 5 nitrogen and oxygen atoms in total. The highest BCUT2D eigenvalue weighted by molar-refractivity contribution is 5.99. The summed E-state index contributed by atoms with van der Waals surface area (Å²) >= 11 is 0. The minimum absolute atomic E-state index is 0.0389. The summed E-state index contributed by atoms with van der Waals surface area (Å²) in [6, 6.07) is 16.3. The summed E-state index contributed by atoms with van der Waals surface area (Å²) in [5.41, 5.74) is 3.66. The first-order valence-corrected chi connectivity index (χ1v) is 11.3. The Hall–Kier alpha value is -4.19. The van der Waals surface area contributed by atoms with E-state index in [4.69, 9.17) is 9.15 Å². The molecule has 0 saturated heterocycles. The summed E-state index contributed by atoms with van der Waals surface area (Å²) in [7, 11) is 0. The molecule has 176 valence electrons. The highest BCUT2D eigenvalue weighted by atomic mass is 19.1. The third kappa shape index (κ3) is 4.01. The SMILES string of the molecule is C=CCOc1cccc(C2c3c(oc4cc(C)cc(C)c4c3=O)C(=O)N2Cc2ccc(F)cc2)c1. The Kier molecular flexibility index (Phi) is 5.73. The van der Waals surface area contributed by atoms with Gasteiger partial charge in [-0.1, -0.05) is 43.0 Å². The zero-order valence-electron chi connectivity index (χ0n) is 19.5. The van der Waals surface area contributed by atoms with Crippen LogP contribution in [-0.4, -0.2) is 17.4 Å². The molecule has 1 unspecified atom stereocenters. The lowest BCUT2D eigenvalue weighted by Crippen LogP contribution is -2.29. The summed E-state index contributed by atoms with van der Waals surface area (Å²) in [6.45, 7) is 7.97. The lowest BCUT2D eigenvalue weighted by molar-refractivity contribution is 0.0714. The minimum atomic E-state index is -0.684. The number of rotatable bonds is 6. The van der Waals surface area contributed by atoms with E-state index in [0.717, 1.165) is 22.3 Å². The Morgan fingerprint density at radius 2 is 1.86 bits per heavy atom. The van der Waals surface area contributed by atoms with Crippen LogP contribution in [0.5, 0.6) is 5.75 Å². The molecule has 3 aromatic carbocycles. The number of aryl methyl sites for hydroxylation is 2. The molecule has 0 bridgehead atoms. The molecule has 1 aromatic heterocycles. The van der Waals surface area contributed by atoms with Gasteiger partial charge in [0, 0.05) is 6.54 Å². The molecule has 0 saturated carbocycles. The number of carbonyl (C=O) groups excluding carboxylic acids is 1. The molecule has 1 amide bonds. The van der Waals surface area contributed by atoms with E-state index < -0.39 is 6.04 Å². The van der Waals surface area contributed by atoms with Gasteiger partial charge in [0.05, 0.1) is 17.0 Å². The van der Waals surface area contributed by atoms with Gasteiger partial charge in [0.25, 0.3) is 5.91 Å². The number of benzene rings is 3. The fraction of sp³-hybridized carbons (Fsp3) is 0.172. The average molecular weight is 470 g/mol. The van der Waals surface area contributed by atoms with E-state index in [0.29, 0.717) is 28.9 Å². The van der Waals surface area contributed by atoms with Gasteiger partial charge in [-0.3, -0.25) is 9.59 Å². The third-order valence-electron chi connectivity index (χ3n) is 6.22. The van der Waals surface area contributed by atoms with Gasteiger partial charge in [0.2, 0.25) is 5.76 Å². The molecule has 0 aliphatic carbocycles. The molecule has 0 fully saturated rings. The number of hydrogen-bond acceptors (Lipinski definition) is 4. The lowest BCUT2D eigenvalue weighted by atomic mass is 9.96. The Morgan fingerprint density at radius 3 is 2.60 bits per heavy atom. The van der Waals surface area contributed by atoms with Gasteiger partial charge in [0.1, 0.15) is 23.8 Å². The van der Waals surface area contributed by atoms with Crippen molar-refractivity contribution < 1.29 is 18.3 Å². The number of nitrogens with zero attached hydrogens (tertiary/aromatic N) is 1. The summed E-state index contributed by atoms with van der Waals surface area (Å²) < 4.78 is 25.3. The number of halogens is 1. The second kappa shape index (κ2) is 8.87. The van der Waals surface area contributed by atoms with Crippen molar-refractivity contribution >= 4 is 16.9 Å². The molecule has 1 atom stereocenters. The molecule has 1 aliphatic rings. The van der Waals surface area contributed by atoms with Crippen LogP contribution >= 0.6 is 0 Å². The molecule has 4 aromatic rings. The van der Waals surface area contributed by atoms with Crippen LogP contribution in [0.15, 0.2) is 82.5 Å². The molecular weight excluding hydrogens is 445 g/mol. The normalized spacial score (nSPS) is 14.9. The monoisotopic (exact) mass is 469 g/mol. The van der Waals surface area contributed by atoms with Gasteiger partial charge in [-0.25, -0.2) is 4.39 Å². The molecular formula is C29H24FNO4. The summed E-state index contributed by atoms with van der Waals surface area (Å²) in [5, 5.41) is 0.467. The highest BCUT2D eigenvalue weighted by Crippen LogP contribution is 2.40. The van der Waals surface area contributed by atoms with Crippen molar-refractivity contribution in [2.45, 2.75) is 26.4 Å². The van der Waals surface area contributed by atoms with Crippen molar-refractivity contribution in [1.29, 1.82) is 0 Å². The molecule has 0 N–H and O–H groups in total. The van der Waals surface area contributed by atoms with E-state index in [1.165, 1.54) is 12.1 Å². The number of fused-ring (bicyclic) bond motifs is 2. The molecule has 2 heterocycles. The van der Waals surface area contributed by atoms with E-state index in [-0.39, 0.29) is 29.5 Å². The summed E-state index contributed by atoms with van der Waals surface area (Å²) in [6.07, 6.45) is 1.65. The zero-order chi connectivity index (χ0) is 24.7. The standard InChI is InChI=1S/C29H24FNO4/c1-4-12-34-22-7-5-6-20(15-22)26-25-27(32)24-18(3)13-17(2)14-23(24)35-28(25)29(33)31(26)16-19-8-10-21(30)11-9-19/h4-11,13-15,26H,1,12,16H2,2-3H3. The molecule has 1 aliphatic heterocycles. The van der Waals surface area contributed by atoms with Crippen molar-refractivity contribution in [3.63, 3.8) is 0 Å². The largest absolute Gasteiger partial charge is 0.490 e. The van der Waals surface area contributed by atoms with Gasteiger partial charge in [-0.2, -0.15) is 0 Å². The molecule has 35 heavy (non-hydrogen) atoms. The molecule has 5 rings (SSSR count). The van der Waals surface area contributed by atoms with E-state index in [2.05, 4.69) is 6.58 Å². The smallest absolute Gasteiger partial charge is 0.291 e. The first-order chi connectivity index (χ1) is 16.9. The Morgan fingerprint density at radius 1 is 1.09 bits per heavy atom.